The molecule has 0 aliphatic carbocycles. The summed E-state index contributed by atoms with van der Waals surface area (Å²) in [5.41, 5.74) is 3.00. The minimum atomic E-state index is 1.13. The maximum Gasteiger partial charge on any atom is 0.0233 e. The van der Waals surface area contributed by atoms with E-state index in [0.717, 1.165) is 13.1 Å². The average Bonchev–Trinajstić information content (AvgIpc) is 2.93. The van der Waals surface area contributed by atoms with Crippen LogP contribution in [0, 0.1) is 0 Å². The van der Waals surface area contributed by atoms with Crippen LogP contribution in [0.2, 0.25) is 0 Å². The zero-order chi connectivity index (χ0) is 27.5. The molecule has 2 nitrogen and oxygen atoms in total. The van der Waals surface area contributed by atoms with Crippen molar-refractivity contribution in [2.75, 3.05) is 26.2 Å². The predicted octanol–water partition coefficient (Wildman–Crippen LogP) is 11.2. The van der Waals surface area contributed by atoms with Crippen LogP contribution >= 0.6 is 0 Å². The summed E-state index contributed by atoms with van der Waals surface area (Å²) in [6.07, 6.45) is 27.6. The first kappa shape index (κ1) is 35.2. The van der Waals surface area contributed by atoms with Crippen molar-refractivity contribution >= 4 is 0 Å². The number of rotatable bonds is 28. The van der Waals surface area contributed by atoms with Crippen LogP contribution in [0.25, 0.3) is 0 Å². The lowest BCUT2D eigenvalue weighted by atomic mass is 10.1. The third-order valence-corrected chi connectivity index (χ3v) is 8.15. The molecule has 38 heavy (non-hydrogen) atoms. The third kappa shape index (κ3) is 20.1. The standard InChI is InChI=1S/C36H68N2/c1-5-9-13-17-21-29-37(30-22-18-14-10-6-2)33-35-25-27-36(28-26-35)34-38(31-23-19-15-11-7-3)32-24-20-16-12-8-4/h25-28H,5-24,29-34H2,1-4H3. The molecule has 2 heteroatoms. The Morgan fingerprint density at radius 3 is 0.816 bits per heavy atom. The van der Waals surface area contributed by atoms with E-state index in [2.05, 4.69) is 61.8 Å². The van der Waals surface area contributed by atoms with E-state index in [0.29, 0.717) is 0 Å². The molecule has 0 aliphatic heterocycles. The highest BCUT2D eigenvalue weighted by Crippen LogP contribution is 2.15. The Morgan fingerprint density at radius 2 is 0.579 bits per heavy atom. The van der Waals surface area contributed by atoms with Crippen molar-refractivity contribution < 1.29 is 0 Å². The Kier molecular flexibility index (Phi) is 24.4. The van der Waals surface area contributed by atoms with E-state index >= 15 is 0 Å². The van der Waals surface area contributed by atoms with Gasteiger partial charge in [-0.1, -0.05) is 155 Å². The minimum absolute atomic E-state index is 1.13. The van der Waals surface area contributed by atoms with E-state index in [-0.39, 0.29) is 0 Å². The second-order valence-corrected chi connectivity index (χ2v) is 12.0. The summed E-state index contributed by atoms with van der Waals surface area (Å²) >= 11 is 0. The largest absolute Gasteiger partial charge is 0.299 e. The Morgan fingerprint density at radius 1 is 0.342 bits per heavy atom. The molecule has 0 heterocycles. The first-order chi connectivity index (χ1) is 18.7. The van der Waals surface area contributed by atoms with Crippen LogP contribution in [-0.4, -0.2) is 36.0 Å². The zero-order valence-electron chi connectivity index (χ0n) is 26.6. The number of nitrogens with zero attached hydrogens (tertiary/aromatic N) is 2. The molecule has 0 radical (unpaired) electrons. The summed E-state index contributed by atoms with van der Waals surface area (Å²) in [5.74, 6) is 0. The van der Waals surface area contributed by atoms with Crippen LogP contribution in [0.4, 0.5) is 0 Å². The third-order valence-electron chi connectivity index (χ3n) is 8.15. The van der Waals surface area contributed by atoms with Gasteiger partial charge < -0.3 is 0 Å². The SMILES string of the molecule is CCCCCCCN(CCCCCCC)Cc1ccc(CN(CCCCCCC)CCCCCCC)cc1. The van der Waals surface area contributed by atoms with E-state index in [4.69, 9.17) is 0 Å². The topological polar surface area (TPSA) is 6.48 Å². The molecule has 222 valence electrons. The summed E-state index contributed by atoms with van der Waals surface area (Å²) in [4.78, 5) is 5.48. The number of unbranched alkanes of at least 4 members (excludes halogenated alkanes) is 16. The lowest BCUT2D eigenvalue weighted by molar-refractivity contribution is 0.250. The smallest absolute Gasteiger partial charge is 0.0233 e. The van der Waals surface area contributed by atoms with E-state index in [9.17, 15) is 0 Å². The van der Waals surface area contributed by atoms with Crippen molar-refractivity contribution in [1.29, 1.82) is 0 Å². The maximum absolute atomic E-state index is 2.74. The van der Waals surface area contributed by atoms with E-state index in [1.807, 2.05) is 0 Å². The van der Waals surface area contributed by atoms with Crippen LogP contribution in [0.15, 0.2) is 24.3 Å². The second-order valence-electron chi connectivity index (χ2n) is 12.0. The fourth-order valence-corrected chi connectivity index (χ4v) is 5.56. The lowest BCUT2D eigenvalue weighted by Gasteiger charge is -2.24. The van der Waals surface area contributed by atoms with Gasteiger partial charge in [0.05, 0.1) is 0 Å². The monoisotopic (exact) mass is 529 g/mol. The molecule has 0 saturated heterocycles. The Labute approximate surface area is 240 Å². The van der Waals surface area contributed by atoms with Crippen molar-refractivity contribution in [3.8, 4) is 0 Å². The highest BCUT2D eigenvalue weighted by molar-refractivity contribution is 5.22. The summed E-state index contributed by atoms with van der Waals surface area (Å²) in [6.45, 7) is 16.6. The fourth-order valence-electron chi connectivity index (χ4n) is 5.56. The molecular formula is C36H68N2. The fraction of sp³-hybridized carbons (Fsp3) is 0.833. The van der Waals surface area contributed by atoms with Gasteiger partial charge in [0.15, 0.2) is 0 Å². The summed E-state index contributed by atoms with van der Waals surface area (Å²) < 4.78 is 0. The van der Waals surface area contributed by atoms with Gasteiger partial charge in [-0.2, -0.15) is 0 Å². The van der Waals surface area contributed by atoms with Gasteiger partial charge >= 0.3 is 0 Å². The Bertz CT molecular complexity index is 515. The number of hydrogen-bond donors (Lipinski definition) is 0. The molecule has 1 rings (SSSR count). The summed E-state index contributed by atoms with van der Waals surface area (Å²) in [7, 11) is 0. The molecule has 1 aromatic carbocycles. The number of benzene rings is 1. The van der Waals surface area contributed by atoms with Crippen LogP contribution in [0.1, 0.15) is 167 Å². The Balaban J connectivity index is 2.59. The first-order valence-corrected chi connectivity index (χ1v) is 17.3. The van der Waals surface area contributed by atoms with Gasteiger partial charge in [0.25, 0.3) is 0 Å². The van der Waals surface area contributed by atoms with E-state index in [1.54, 1.807) is 0 Å². The molecule has 0 aromatic heterocycles. The molecule has 0 spiro atoms. The maximum atomic E-state index is 2.74. The molecule has 0 bridgehead atoms. The molecule has 0 N–H and O–H groups in total. The minimum Gasteiger partial charge on any atom is -0.299 e. The van der Waals surface area contributed by atoms with Crippen LogP contribution in [0.3, 0.4) is 0 Å². The molecule has 0 aliphatic rings. The lowest BCUT2D eigenvalue weighted by Crippen LogP contribution is -2.26. The molecule has 0 saturated carbocycles. The van der Waals surface area contributed by atoms with Gasteiger partial charge in [-0.3, -0.25) is 9.80 Å². The van der Waals surface area contributed by atoms with Crippen molar-refractivity contribution in [3.63, 3.8) is 0 Å². The zero-order valence-corrected chi connectivity index (χ0v) is 26.6. The van der Waals surface area contributed by atoms with E-state index in [1.165, 1.54) is 166 Å². The summed E-state index contributed by atoms with van der Waals surface area (Å²) in [5, 5.41) is 0. The van der Waals surface area contributed by atoms with Gasteiger partial charge in [0, 0.05) is 13.1 Å². The van der Waals surface area contributed by atoms with Gasteiger partial charge in [-0.25, -0.2) is 0 Å². The van der Waals surface area contributed by atoms with Crippen molar-refractivity contribution in [1.82, 2.24) is 9.80 Å². The summed E-state index contributed by atoms with van der Waals surface area (Å²) in [6, 6.07) is 9.71. The second kappa shape index (κ2) is 26.4. The van der Waals surface area contributed by atoms with Gasteiger partial charge in [0.1, 0.15) is 0 Å². The molecule has 1 aromatic rings. The van der Waals surface area contributed by atoms with Crippen molar-refractivity contribution in [2.24, 2.45) is 0 Å². The highest BCUT2D eigenvalue weighted by Gasteiger charge is 2.09. The van der Waals surface area contributed by atoms with Crippen molar-refractivity contribution in [2.45, 2.75) is 169 Å². The number of hydrogen-bond acceptors (Lipinski definition) is 2. The van der Waals surface area contributed by atoms with Gasteiger partial charge in [0.2, 0.25) is 0 Å². The molecule has 0 unspecified atom stereocenters. The quantitative estimate of drug-likeness (QED) is 0.0998. The van der Waals surface area contributed by atoms with Gasteiger partial charge in [-0.05, 0) is 63.0 Å². The highest BCUT2D eigenvalue weighted by atomic mass is 15.1. The van der Waals surface area contributed by atoms with E-state index < -0.39 is 0 Å². The van der Waals surface area contributed by atoms with Crippen molar-refractivity contribution in [3.05, 3.63) is 35.4 Å². The average molecular weight is 529 g/mol. The van der Waals surface area contributed by atoms with Crippen LogP contribution in [-0.2, 0) is 13.1 Å². The molecule has 0 fully saturated rings. The normalized spacial score (nSPS) is 11.7. The first-order valence-electron chi connectivity index (χ1n) is 17.3. The molecule has 0 amide bonds. The molecular weight excluding hydrogens is 460 g/mol. The van der Waals surface area contributed by atoms with Crippen LogP contribution < -0.4 is 0 Å². The Hall–Kier alpha value is -0.860. The molecule has 0 atom stereocenters. The van der Waals surface area contributed by atoms with Gasteiger partial charge in [-0.15, -0.1) is 0 Å². The van der Waals surface area contributed by atoms with Crippen LogP contribution in [0.5, 0.6) is 0 Å². The predicted molar refractivity (Wildman–Crippen MR) is 172 cm³/mol.